The van der Waals surface area contributed by atoms with Crippen molar-refractivity contribution in [2.24, 2.45) is 0 Å². The van der Waals surface area contributed by atoms with Crippen LogP contribution in [0, 0.1) is 19.7 Å². The van der Waals surface area contributed by atoms with Crippen LogP contribution in [0.15, 0.2) is 18.2 Å². The number of amides is 2. The number of hydrogen-bond donors (Lipinski definition) is 3. The van der Waals surface area contributed by atoms with E-state index in [9.17, 15) is 14.0 Å². The number of rotatable bonds is 3. The van der Waals surface area contributed by atoms with Gasteiger partial charge in [-0.25, -0.2) is 4.39 Å². The van der Waals surface area contributed by atoms with Gasteiger partial charge in [-0.3, -0.25) is 14.7 Å². The predicted molar refractivity (Wildman–Crippen MR) is 76.7 cm³/mol. The Kier molecular flexibility index (Phi) is 4.02. The molecule has 0 radical (unpaired) electrons. The van der Waals surface area contributed by atoms with E-state index in [0.29, 0.717) is 22.6 Å². The number of benzene rings is 1. The maximum atomic E-state index is 13.5. The molecule has 21 heavy (non-hydrogen) atoms. The van der Waals surface area contributed by atoms with Crippen molar-refractivity contribution in [3.8, 4) is 0 Å². The molecule has 7 heteroatoms. The number of H-pyrrole nitrogens is 1. The number of nitrogens with one attached hydrogen (secondary N) is 3. The van der Waals surface area contributed by atoms with Crippen LogP contribution in [0.4, 0.5) is 15.8 Å². The van der Waals surface area contributed by atoms with Gasteiger partial charge in [-0.15, -0.1) is 0 Å². The molecular weight excluding hydrogens is 275 g/mol. The van der Waals surface area contributed by atoms with Crippen molar-refractivity contribution in [2.45, 2.75) is 20.8 Å². The summed E-state index contributed by atoms with van der Waals surface area (Å²) in [4.78, 5) is 23.2. The molecule has 6 nitrogen and oxygen atoms in total. The summed E-state index contributed by atoms with van der Waals surface area (Å²) in [6.07, 6.45) is 0. The maximum absolute atomic E-state index is 13.5. The smallest absolute Gasteiger partial charge is 0.259 e. The number of anilines is 2. The van der Waals surface area contributed by atoms with Crippen LogP contribution in [0.5, 0.6) is 0 Å². The van der Waals surface area contributed by atoms with Crippen LogP contribution < -0.4 is 10.6 Å². The summed E-state index contributed by atoms with van der Waals surface area (Å²) in [7, 11) is 0. The van der Waals surface area contributed by atoms with E-state index in [1.165, 1.54) is 25.1 Å². The molecule has 0 aliphatic rings. The second-order valence-electron chi connectivity index (χ2n) is 4.64. The van der Waals surface area contributed by atoms with Gasteiger partial charge < -0.3 is 10.6 Å². The highest BCUT2D eigenvalue weighted by atomic mass is 19.1. The van der Waals surface area contributed by atoms with Gasteiger partial charge in [-0.05, 0) is 32.0 Å². The lowest BCUT2D eigenvalue weighted by Gasteiger charge is -2.09. The molecule has 1 aromatic carbocycles. The Morgan fingerprint density at radius 1 is 1.24 bits per heavy atom. The topological polar surface area (TPSA) is 86.9 Å². The average Bonchev–Trinajstić information content (AvgIpc) is 2.72. The van der Waals surface area contributed by atoms with Gasteiger partial charge in [0.05, 0.1) is 16.9 Å². The molecule has 0 fully saturated rings. The maximum Gasteiger partial charge on any atom is 0.259 e. The lowest BCUT2D eigenvalue weighted by molar-refractivity contribution is -0.114. The molecule has 0 spiro atoms. The molecule has 0 bridgehead atoms. The predicted octanol–water partition coefficient (Wildman–Crippen LogP) is 2.38. The fraction of sp³-hybridized carbons (Fsp3) is 0.214. The highest BCUT2D eigenvalue weighted by Gasteiger charge is 2.16. The minimum Gasteiger partial charge on any atom is -0.324 e. The Morgan fingerprint density at radius 2 is 1.95 bits per heavy atom. The van der Waals surface area contributed by atoms with Crippen molar-refractivity contribution in [1.82, 2.24) is 10.2 Å². The monoisotopic (exact) mass is 290 g/mol. The van der Waals surface area contributed by atoms with E-state index in [1.54, 1.807) is 13.8 Å². The lowest BCUT2D eigenvalue weighted by atomic mass is 10.1. The number of aromatic nitrogens is 2. The quantitative estimate of drug-likeness (QED) is 0.811. The van der Waals surface area contributed by atoms with Crippen molar-refractivity contribution < 1.29 is 14.0 Å². The highest BCUT2D eigenvalue weighted by molar-refractivity contribution is 6.06. The largest absolute Gasteiger partial charge is 0.324 e. The minimum absolute atomic E-state index is 0.0148. The Labute approximate surface area is 120 Å². The minimum atomic E-state index is -0.570. The third kappa shape index (κ3) is 3.25. The van der Waals surface area contributed by atoms with Crippen LogP contribution in [0.3, 0.4) is 0 Å². The molecule has 3 N–H and O–H groups in total. The highest BCUT2D eigenvalue weighted by Crippen LogP contribution is 2.21. The SMILES string of the molecule is CC(=O)Nc1cc(NC(=O)c2c(C)n[nH]c2C)ccc1F. The summed E-state index contributed by atoms with van der Waals surface area (Å²) in [5.74, 6) is -1.31. The first kappa shape index (κ1) is 14.7. The van der Waals surface area contributed by atoms with Gasteiger partial charge in [0.25, 0.3) is 5.91 Å². The first-order valence-corrected chi connectivity index (χ1v) is 6.28. The molecule has 0 atom stereocenters. The van der Waals surface area contributed by atoms with Crippen LogP contribution >= 0.6 is 0 Å². The molecule has 0 aliphatic heterocycles. The van der Waals surface area contributed by atoms with Crippen LogP contribution in [0.2, 0.25) is 0 Å². The van der Waals surface area contributed by atoms with Crippen LogP contribution in [-0.2, 0) is 4.79 Å². The Bertz CT molecular complexity index is 689. The van der Waals surface area contributed by atoms with E-state index in [-0.39, 0.29) is 17.5 Å². The number of carbonyl (C=O) groups excluding carboxylic acids is 2. The van der Waals surface area contributed by atoms with Crippen LogP contribution in [-0.4, -0.2) is 22.0 Å². The molecule has 0 saturated heterocycles. The van der Waals surface area contributed by atoms with E-state index in [0.717, 1.165) is 0 Å². The Morgan fingerprint density at radius 3 is 2.52 bits per heavy atom. The summed E-state index contributed by atoms with van der Waals surface area (Å²) in [5.41, 5.74) is 2.06. The molecule has 2 rings (SSSR count). The van der Waals surface area contributed by atoms with Crippen LogP contribution in [0.1, 0.15) is 28.7 Å². The van der Waals surface area contributed by atoms with Gasteiger partial charge in [0.2, 0.25) is 5.91 Å². The second-order valence-corrected chi connectivity index (χ2v) is 4.64. The standard InChI is InChI=1S/C14H15FN4O2/c1-7-13(8(2)19-18-7)14(21)17-10-4-5-11(15)12(6-10)16-9(3)20/h4-6H,1-3H3,(H,16,20)(H,17,21)(H,18,19). The van der Waals surface area contributed by atoms with E-state index >= 15 is 0 Å². The number of aromatic amines is 1. The molecule has 2 aromatic rings. The third-order valence-corrected chi connectivity index (χ3v) is 2.89. The van der Waals surface area contributed by atoms with E-state index in [1.807, 2.05) is 0 Å². The molecule has 0 aliphatic carbocycles. The third-order valence-electron chi connectivity index (χ3n) is 2.89. The molecule has 110 valence electrons. The Balaban J connectivity index is 2.24. The van der Waals surface area contributed by atoms with Gasteiger partial charge in [0.15, 0.2) is 0 Å². The van der Waals surface area contributed by atoms with Crippen molar-refractivity contribution in [3.63, 3.8) is 0 Å². The second kappa shape index (κ2) is 5.74. The van der Waals surface area contributed by atoms with Gasteiger partial charge in [-0.1, -0.05) is 0 Å². The first-order chi connectivity index (χ1) is 9.88. The van der Waals surface area contributed by atoms with Gasteiger partial charge >= 0.3 is 0 Å². The number of aryl methyl sites for hydroxylation is 2. The van der Waals surface area contributed by atoms with Crippen molar-refractivity contribution in [3.05, 3.63) is 41.0 Å². The number of carbonyl (C=O) groups is 2. The number of halogens is 1. The van der Waals surface area contributed by atoms with E-state index in [4.69, 9.17) is 0 Å². The van der Waals surface area contributed by atoms with Crippen molar-refractivity contribution in [1.29, 1.82) is 0 Å². The van der Waals surface area contributed by atoms with Crippen molar-refractivity contribution >= 4 is 23.2 Å². The summed E-state index contributed by atoms with van der Waals surface area (Å²) >= 11 is 0. The van der Waals surface area contributed by atoms with Gasteiger partial charge in [0.1, 0.15) is 5.82 Å². The fourth-order valence-electron chi connectivity index (χ4n) is 1.97. The summed E-state index contributed by atoms with van der Waals surface area (Å²) < 4.78 is 13.5. The van der Waals surface area contributed by atoms with E-state index < -0.39 is 5.82 Å². The van der Waals surface area contributed by atoms with E-state index in [2.05, 4.69) is 20.8 Å². The summed E-state index contributed by atoms with van der Waals surface area (Å²) in [6.45, 7) is 4.73. The first-order valence-electron chi connectivity index (χ1n) is 6.28. The molecule has 1 heterocycles. The molecule has 2 amide bonds. The Hall–Kier alpha value is -2.70. The zero-order chi connectivity index (χ0) is 15.6. The van der Waals surface area contributed by atoms with Gasteiger partial charge in [0, 0.05) is 18.3 Å². The van der Waals surface area contributed by atoms with Crippen molar-refractivity contribution in [2.75, 3.05) is 10.6 Å². The summed E-state index contributed by atoms with van der Waals surface area (Å²) in [5, 5.41) is 11.7. The molecule has 0 saturated carbocycles. The zero-order valence-electron chi connectivity index (χ0n) is 11.9. The number of hydrogen-bond acceptors (Lipinski definition) is 3. The summed E-state index contributed by atoms with van der Waals surface area (Å²) in [6, 6.07) is 3.96. The van der Waals surface area contributed by atoms with Crippen LogP contribution in [0.25, 0.3) is 0 Å². The average molecular weight is 290 g/mol. The molecule has 0 unspecified atom stereocenters. The molecular formula is C14H15FN4O2. The zero-order valence-corrected chi connectivity index (χ0v) is 11.9. The molecule has 1 aromatic heterocycles. The normalized spacial score (nSPS) is 10.3. The number of nitrogens with zero attached hydrogens (tertiary/aromatic N) is 1. The fourth-order valence-corrected chi connectivity index (χ4v) is 1.97. The lowest BCUT2D eigenvalue weighted by Crippen LogP contribution is -2.14. The van der Waals surface area contributed by atoms with Gasteiger partial charge in [-0.2, -0.15) is 5.10 Å².